The molecule has 3 nitrogen and oxygen atoms in total. The molecule has 1 aromatic rings. The molecule has 0 aliphatic rings. The Bertz CT molecular complexity index is 443. The quantitative estimate of drug-likeness (QED) is 0.862. The Labute approximate surface area is 111 Å². The molecule has 0 bridgehead atoms. The molecule has 0 aliphatic heterocycles. The molecule has 1 rings (SSSR count). The predicted octanol–water partition coefficient (Wildman–Crippen LogP) is 2.69. The van der Waals surface area contributed by atoms with Crippen molar-refractivity contribution >= 4 is 17.6 Å². The fourth-order valence-corrected chi connectivity index (χ4v) is 1.50. The monoisotopic (exact) mass is 273 g/mol. The number of esters is 1. The number of hydrogen-bond donors (Lipinski definition) is 1. The largest absolute Gasteiger partial charge is 0.459 e. The number of hydrogen-bond acceptors (Lipinski definition) is 3. The summed E-state index contributed by atoms with van der Waals surface area (Å²) in [7, 11) is 0. The van der Waals surface area contributed by atoms with E-state index in [1.165, 1.54) is 12.1 Å². The molecule has 0 saturated carbocycles. The minimum Gasteiger partial charge on any atom is -0.459 e. The van der Waals surface area contributed by atoms with Gasteiger partial charge in [0.1, 0.15) is 17.5 Å². The lowest BCUT2D eigenvalue weighted by molar-refractivity contribution is -0.156. The highest BCUT2D eigenvalue weighted by molar-refractivity contribution is 6.30. The van der Waals surface area contributed by atoms with E-state index in [0.717, 1.165) is 0 Å². The van der Waals surface area contributed by atoms with Crippen LogP contribution in [0.4, 0.5) is 4.39 Å². The molecular weight excluding hydrogens is 257 g/mol. The fraction of sp³-hybridized carbons (Fsp3) is 0.462. The summed E-state index contributed by atoms with van der Waals surface area (Å²) in [6.45, 7) is 5.29. The molecule has 0 saturated heterocycles. The van der Waals surface area contributed by atoms with E-state index in [4.69, 9.17) is 22.1 Å². The summed E-state index contributed by atoms with van der Waals surface area (Å²) >= 11 is 5.57. The molecule has 0 radical (unpaired) electrons. The van der Waals surface area contributed by atoms with Gasteiger partial charge in [-0.1, -0.05) is 17.7 Å². The van der Waals surface area contributed by atoms with Gasteiger partial charge in [0.2, 0.25) is 0 Å². The predicted molar refractivity (Wildman–Crippen MR) is 68.9 cm³/mol. The van der Waals surface area contributed by atoms with E-state index in [0.29, 0.717) is 5.56 Å². The van der Waals surface area contributed by atoms with Gasteiger partial charge >= 0.3 is 5.97 Å². The second kappa shape index (κ2) is 5.67. The number of rotatable bonds is 3. The number of benzene rings is 1. The van der Waals surface area contributed by atoms with Gasteiger partial charge < -0.3 is 10.5 Å². The van der Waals surface area contributed by atoms with Crippen LogP contribution < -0.4 is 5.73 Å². The zero-order valence-electron chi connectivity index (χ0n) is 10.7. The number of carbonyl (C=O) groups excluding carboxylic acids is 1. The summed E-state index contributed by atoms with van der Waals surface area (Å²) < 4.78 is 18.4. The second-order valence-electron chi connectivity index (χ2n) is 5.09. The molecule has 1 aromatic carbocycles. The third kappa shape index (κ3) is 4.63. The smallest absolute Gasteiger partial charge is 0.323 e. The minimum atomic E-state index is -0.815. The van der Waals surface area contributed by atoms with Crippen molar-refractivity contribution in [2.75, 3.05) is 0 Å². The van der Waals surface area contributed by atoms with Crippen LogP contribution in [0.2, 0.25) is 5.02 Å². The van der Waals surface area contributed by atoms with Crippen molar-refractivity contribution in [3.05, 3.63) is 34.6 Å². The maximum Gasteiger partial charge on any atom is 0.323 e. The highest BCUT2D eigenvalue weighted by Crippen LogP contribution is 2.17. The van der Waals surface area contributed by atoms with Crippen LogP contribution in [-0.2, 0) is 16.0 Å². The fourth-order valence-electron chi connectivity index (χ4n) is 1.38. The van der Waals surface area contributed by atoms with Crippen LogP contribution in [0.5, 0.6) is 0 Å². The van der Waals surface area contributed by atoms with Crippen LogP contribution in [0.3, 0.4) is 0 Å². The molecule has 1 atom stereocenters. The number of nitrogens with two attached hydrogens (primary N) is 1. The van der Waals surface area contributed by atoms with Gasteiger partial charge in [0, 0.05) is 0 Å². The first-order valence-corrected chi connectivity index (χ1v) is 5.99. The number of ether oxygens (including phenoxy) is 1. The normalized spacial score (nSPS) is 13.2. The van der Waals surface area contributed by atoms with Crippen molar-refractivity contribution in [3.8, 4) is 0 Å². The van der Waals surface area contributed by atoms with Crippen molar-refractivity contribution in [1.82, 2.24) is 0 Å². The summed E-state index contributed by atoms with van der Waals surface area (Å²) in [6, 6.07) is 3.53. The molecule has 0 aliphatic carbocycles. The average molecular weight is 274 g/mol. The van der Waals surface area contributed by atoms with Gasteiger partial charge in [0.25, 0.3) is 0 Å². The zero-order valence-corrected chi connectivity index (χ0v) is 11.4. The summed E-state index contributed by atoms with van der Waals surface area (Å²) in [5, 5.41) is 0.0459. The highest BCUT2D eigenvalue weighted by Gasteiger charge is 2.22. The van der Waals surface area contributed by atoms with Gasteiger partial charge in [-0.3, -0.25) is 4.79 Å². The molecule has 0 unspecified atom stereocenters. The Morgan fingerprint density at radius 2 is 2.11 bits per heavy atom. The standard InChI is InChI=1S/C13H17ClFNO2/c1-13(2,3)18-12(17)11(16)7-8-4-5-9(14)10(15)6-8/h4-6,11H,7,16H2,1-3H3/t11-/m0/s1. The van der Waals surface area contributed by atoms with Gasteiger partial charge in [-0.25, -0.2) is 4.39 Å². The molecule has 0 heterocycles. The summed E-state index contributed by atoms with van der Waals surface area (Å²) in [6.07, 6.45) is 0.211. The summed E-state index contributed by atoms with van der Waals surface area (Å²) in [4.78, 5) is 11.6. The van der Waals surface area contributed by atoms with Gasteiger partial charge in [-0.05, 0) is 44.9 Å². The molecule has 0 aromatic heterocycles. The number of halogens is 2. The van der Waals surface area contributed by atoms with E-state index in [9.17, 15) is 9.18 Å². The Balaban J connectivity index is 2.66. The van der Waals surface area contributed by atoms with Crippen LogP contribution in [-0.4, -0.2) is 17.6 Å². The molecule has 0 fully saturated rings. The summed E-state index contributed by atoms with van der Waals surface area (Å²) in [5.74, 6) is -1.02. The molecule has 100 valence electrons. The SMILES string of the molecule is CC(C)(C)OC(=O)[C@@H](N)Cc1ccc(Cl)c(F)c1. The minimum absolute atomic E-state index is 0.0459. The third-order valence-electron chi connectivity index (χ3n) is 2.15. The zero-order chi connectivity index (χ0) is 13.9. The molecule has 18 heavy (non-hydrogen) atoms. The van der Waals surface area contributed by atoms with Crippen LogP contribution in [0, 0.1) is 5.82 Å². The lowest BCUT2D eigenvalue weighted by atomic mass is 10.1. The Morgan fingerprint density at radius 1 is 1.50 bits per heavy atom. The Morgan fingerprint density at radius 3 is 2.61 bits per heavy atom. The van der Waals surface area contributed by atoms with Crippen molar-refractivity contribution in [2.24, 2.45) is 5.73 Å². The highest BCUT2D eigenvalue weighted by atomic mass is 35.5. The first-order valence-electron chi connectivity index (χ1n) is 5.61. The first-order chi connectivity index (χ1) is 8.19. The lowest BCUT2D eigenvalue weighted by Gasteiger charge is -2.22. The van der Waals surface area contributed by atoms with Crippen molar-refractivity contribution < 1.29 is 13.9 Å². The topological polar surface area (TPSA) is 52.3 Å². The maximum absolute atomic E-state index is 13.2. The molecule has 5 heteroatoms. The van der Waals surface area contributed by atoms with Crippen LogP contribution in [0.15, 0.2) is 18.2 Å². The van der Waals surface area contributed by atoms with Gasteiger partial charge in [0.15, 0.2) is 0 Å². The number of carbonyl (C=O) groups is 1. The van der Waals surface area contributed by atoms with Gasteiger partial charge in [-0.2, -0.15) is 0 Å². The van der Waals surface area contributed by atoms with E-state index in [-0.39, 0.29) is 11.4 Å². The maximum atomic E-state index is 13.2. The van der Waals surface area contributed by atoms with Crippen LogP contribution >= 0.6 is 11.6 Å². The van der Waals surface area contributed by atoms with Crippen LogP contribution in [0.1, 0.15) is 26.3 Å². The Kier molecular flexibility index (Phi) is 4.71. The van der Waals surface area contributed by atoms with Crippen molar-refractivity contribution in [1.29, 1.82) is 0 Å². The van der Waals surface area contributed by atoms with Crippen molar-refractivity contribution in [3.63, 3.8) is 0 Å². The first kappa shape index (κ1) is 14.9. The molecule has 2 N–H and O–H groups in total. The van der Waals surface area contributed by atoms with Gasteiger partial charge in [0.05, 0.1) is 5.02 Å². The van der Waals surface area contributed by atoms with E-state index in [1.807, 2.05) is 0 Å². The lowest BCUT2D eigenvalue weighted by Crippen LogP contribution is -2.38. The molecule has 0 spiro atoms. The van der Waals surface area contributed by atoms with E-state index >= 15 is 0 Å². The van der Waals surface area contributed by atoms with Gasteiger partial charge in [-0.15, -0.1) is 0 Å². The Hall–Kier alpha value is -1.13. The van der Waals surface area contributed by atoms with Crippen molar-refractivity contribution in [2.45, 2.75) is 38.8 Å². The molecular formula is C13H17ClFNO2. The van der Waals surface area contributed by atoms with E-state index in [1.54, 1.807) is 26.8 Å². The third-order valence-corrected chi connectivity index (χ3v) is 2.46. The van der Waals surface area contributed by atoms with E-state index < -0.39 is 23.4 Å². The van der Waals surface area contributed by atoms with Crippen LogP contribution in [0.25, 0.3) is 0 Å². The second-order valence-corrected chi connectivity index (χ2v) is 5.50. The molecule has 0 amide bonds. The summed E-state index contributed by atoms with van der Waals surface area (Å²) in [5.41, 5.74) is 5.74. The average Bonchev–Trinajstić information content (AvgIpc) is 2.21. The van der Waals surface area contributed by atoms with E-state index in [2.05, 4.69) is 0 Å².